The fourth-order valence-corrected chi connectivity index (χ4v) is 3.10. The molecule has 1 heterocycles. The third-order valence-corrected chi connectivity index (χ3v) is 4.33. The molecule has 1 aliphatic rings. The van der Waals surface area contributed by atoms with Crippen LogP contribution in [0.1, 0.15) is 17.2 Å². The Kier molecular flexibility index (Phi) is 3.52. The van der Waals surface area contributed by atoms with Gasteiger partial charge < -0.3 is 10.6 Å². The third-order valence-electron chi connectivity index (χ3n) is 3.47. The minimum Gasteiger partial charge on any atom is -0.365 e. The zero-order valence-electron chi connectivity index (χ0n) is 10.3. The van der Waals surface area contributed by atoms with Crippen LogP contribution in [0.3, 0.4) is 0 Å². The number of rotatable bonds is 2. The highest BCUT2D eigenvalue weighted by atomic mass is 79.9. The minimum atomic E-state index is 0.0648. The van der Waals surface area contributed by atoms with E-state index < -0.39 is 0 Å². The van der Waals surface area contributed by atoms with Crippen molar-refractivity contribution in [1.82, 2.24) is 0 Å². The van der Waals surface area contributed by atoms with Crippen LogP contribution in [0.5, 0.6) is 0 Å². The van der Waals surface area contributed by atoms with Crippen molar-refractivity contribution in [2.75, 3.05) is 11.4 Å². The molecule has 0 spiro atoms. The van der Waals surface area contributed by atoms with Crippen molar-refractivity contribution < 1.29 is 0 Å². The Hall–Kier alpha value is -1.03. The first-order chi connectivity index (χ1) is 9.15. The molecule has 1 atom stereocenters. The van der Waals surface area contributed by atoms with Gasteiger partial charge in [-0.25, -0.2) is 0 Å². The summed E-state index contributed by atoms with van der Waals surface area (Å²) in [6.07, 6.45) is 0. The average Bonchev–Trinajstić information content (AvgIpc) is 2.69. The largest absolute Gasteiger partial charge is 0.365 e. The summed E-state index contributed by atoms with van der Waals surface area (Å²) in [5.74, 6) is 0. The molecule has 19 heavy (non-hydrogen) atoms. The standard InChI is InChI=1S/C15H14BrClN2/c16-11-5-6-15-12(7-11)14(18)9-19(15)8-10-3-1-2-4-13(10)17/h1-7,14H,8-9,18H2. The highest BCUT2D eigenvalue weighted by Crippen LogP contribution is 2.36. The van der Waals surface area contributed by atoms with E-state index in [4.69, 9.17) is 17.3 Å². The van der Waals surface area contributed by atoms with E-state index in [1.54, 1.807) is 0 Å². The number of nitrogens with two attached hydrogens (primary N) is 1. The van der Waals surface area contributed by atoms with E-state index in [-0.39, 0.29) is 6.04 Å². The Morgan fingerprint density at radius 2 is 2.05 bits per heavy atom. The molecular weight excluding hydrogens is 324 g/mol. The van der Waals surface area contributed by atoms with Crippen molar-refractivity contribution in [3.63, 3.8) is 0 Å². The molecule has 0 aromatic heterocycles. The number of hydrogen-bond acceptors (Lipinski definition) is 2. The molecule has 0 saturated heterocycles. The first-order valence-electron chi connectivity index (χ1n) is 6.18. The zero-order chi connectivity index (χ0) is 13.4. The van der Waals surface area contributed by atoms with Crippen molar-refractivity contribution in [2.24, 2.45) is 5.73 Å². The van der Waals surface area contributed by atoms with Crippen LogP contribution in [0.25, 0.3) is 0 Å². The molecule has 2 aromatic carbocycles. The highest BCUT2D eigenvalue weighted by Gasteiger charge is 2.26. The number of benzene rings is 2. The van der Waals surface area contributed by atoms with E-state index in [2.05, 4.69) is 45.1 Å². The monoisotopic (exact) mass is 336 g/mol. The summed E-state index contributed by atoms with van der Waals surface area (Å²) in [5, 5.41) is 0.807. The van der Waals surface area contributed by atoms with Crippen molar-refractivity contribution >= 4 is 33.2 Å². The molecule has 1 aliphatic heterocycles. The molecule has 2 aromatic rings. The number of halogens is 2. The fourth-order valence-electron chi connectivity index (χ4n) is 2.53. The van der Waals surface area contributed by atoms with Crippen LogP contribution < -0.4 is 10.6 Å². The lowest BCUT2D eigenvalue weighted by Crippen LogP contribution is -2.24. The van der Waals surface area contributed by atoms with Gasteiger partial charge in [-0.3, -0.25) is 0 Å². The smallest absolute Gasteiger partial charge is 0.0494 e. The first-order valence-corrected chi connectivity index (χ1v) is 7.35. The first kappa shape index (κ1) is 13.0. The van der Waals surface area contributed by atoms with E-state index in [0.29, 0.717) is 0 Å². The van der Waals surface area contributed by atoms with Crippen molar-refractivity contribution in [3.8, 4) is 0 Å². The third kappa shape index (κ3) is 2.50. The van der Waals surface area contributed by atoms with E-state index in [0.717, 1.165) is 28.1 Å². The van der Waals surface area contributed by atoms with Gasteiger partial charge in [-0.2, -0.15) is 0 Å². The maximum Gasteiger partial charge on any atom is 0.0494 e. The molecule has 0 amide bonds. The summed E-state index contributed by atoms with van der Waals surface area (Å²) in [6, 6.07) is 14.3. The summed E-state index contributed by atoms with van der Waals surface area (Å²) < 4.78 is 1.07. The molecule has 4 heteroatoms. The molecule has 0 aliphatic carbocycles. The Balaban J connectivity index is 1.91. The van der Waals surface area contributed by atoms with Gasteiger partial charge in [-0.05, 0) is 35.4 Å². The Morgan fingerprint density at radius 1 is 1.26 bits per heavy atom. The van der Waals surface area contributed by atoms with Gasteiger partial charge in [0.15, 0.2) is 0 Å². The van der Waals surface area contributed by atoms with Crippen LogP contribution in [0.4, 0.5) is 5.69 Å². The predicted octanol–water partition coefficient (Wildman–Crippen LogP) is 4.12. The van der Waals surface area contributed by atoms with Gasteiger partial charge in [0.2, 0.25) is 0 Å². The van der Waals surface area contributed by atoms with E-state index >= 15 is 0 Å². The number of fused-ring (bicyclic) bond motifs is 1. The summed E-state index contributed by atoms with van der Waals surface area (Å²) in [4.78, 5) is 2.29. The molecule has 0 saturated carbocycles. The van der Waals surface area contributed by atoms with Gasteiger partial charge in [0.25, 0.3) is 0 Å². The second-order valence-electron chi connectivity index (χ2n) is 4.78. The van der Waals surface area contributed by atoms with Crippen molar-refractivity contribution in [1.29, 1.82) is 0 Å². The van der Waals surface area contributed by atoms with Crippen LogP contribution in [-0.2, 0) is 6.54 Å². The van der Waals surface area contributed by atoms with E-state index in [1.165, 1.54) is 11.3 Å². The van der Waals surface area contributed by atoms with Gasteiger partial charge in [-0.15, -0.1) is 0 Å². The Bertz CT molecular complexity index is 615. The Morgan fingerprint density at radius 3 is 2.84 bits per heavy atom. The lowest BCUT2D eigenvalue weighted by atomic mass is 10.1. The summed E-state index contributed by atoms with van der Waals surface area (Å²) in [7, 11) is 0. The molecule has 1 unspecified atom stereocenters. The van der Waals surface area contributed by atoms with Crippen molar-refractivity contribution in [3.05, 3.63) is 63.1 Å². The van der Waals surface area contributed by atoms with Crippen molar-refractivity contribution in [2.45, 2.75) is 12.6 Å². The lowest BCUT2D eigenvalue weighted by molar-refractivity contribution is 0.720. The van der Waals surface area contributed by atoms with Crippen LogP contribution in [0.2, 0.25) is 5.02 Å². The van der Waals surface area contributed by atoms with Gasteiger partial charge in [0, 0.05) is 34.3 Å². The molecule has 0 fully saturated rings. The summed E-state index contributed by atoms with van der Waals surface area (Å²) in [5.41, 5.74) is 9.73. The topological polar surface area (TPSA) is 29.3 Å². The molecule has 2 nitrogen and oxygen atoms in total. The van der Waals surface area contributed by atoms with E-state index in [1.807, 2.05) is 18.2 Å². The lowest BCUT2D eigenvalue weighted by Gasteiger charge is -2.20. The van der Waals surface area contributed by atoms with Crippen LogP contribution in [-0.4, -0.2) is 6.54 Å². The number of nitrogens with zero attached hydrogens (tertiary/aromatic N) is 1. The predicted molar refractivity (Wildman–Crippen MR) is 83.6 cm³/mol. The fraction of sp³-hybridized carbons (Fsp3) is 0.200. The average molecular weight is 338 g/mol. The number of anilines is 1. The molecule has 2 N–H and O–H groups in total. The van der Waals surface area contributed by atoms with E-state index in [9.17, 15) is 0 Å². The van der Waals surface area contributed by atoms with Gasteiger partial charge in [0.05, 0.1) is 0 Å². The maximum absolute atomic E-state index is 6.23. The molecule has 0 bridgehead atoms. The molecule has 3 rings (SSSR count). The Labute approximate surface area is 126 Å². The highest BCUT2D eigenvalue weighted by molar-refractivity contribution is 9.10. The van der Waals surface area contributed by atoms with Crippen LogP contribution in [0, 0.1) is 0 Å². The SMILES string of the molecule is NC1CN(Cc2ccccc2Cl)c2ccc(Br)cc21. The van der Waals surface area contributed by atoms with Gasteiger partial charge in [0.1, 0.15) is 0 Å². The molecule has 0 radical (unpaired) electrons. The normalized spacial score (nSPS) is 17.6. The summed E-state index contributed by atoms with van der Waals surface area (Å²) in [6.45, 7) is 1.62. The van der Waals surface area contributed by atoms with Gasteiger partial charge in [-0.1, -0.05) is 45.7 Å². The molecular formula is C15H14BrClN2. The minimum absolute atomic E-state index is 0.0648. The quantitative estimate of drug-likeness (QED) is 0.893. The van der Waals surface area contributed by atoms with Gasteiger partial charge >= 0.3 is 0 Å². The van der Waals surface area contributed by atoms with Crippen LogP contribution in [0.15, 0.2) is 46.9 Å². The zero-order valence-corrected chi connectivity index (χ0v) is 12.7. The maximum atomic E-state index is 6.23. The second kappa shape index (κ2) is 5.16. The summed E-state index contributed by atoms with van der Waals surface area (Å²) >= 11 is 9.72. The number of hydrogen-bond donors (Lipinski definition) is 1. The molecule has 98 valence electrons. The van der Waals surface area contributed by atoms with Crippen LogP contribution >= 0.6 is 27.5 Å². The second-order valence-corrected chi connectivity index (χ2v) is 6.10.